The number of H-pyrrole nitrogens is 1. The lowest BCUT2D eigenvalue weighted by Gasteiger charge is -2.33. The van der Waals surface area contributed by atoms with Crippen LogP contribution >= 0.6 is 0 Å². The first-order valence-corrected chi connectivity index (χ1v) is 12.6. The molecule has 38 heavy (non-hydrogen) atoms. The quantitative estimate of drug-likeness (QED) is 0.384. The molecule has 206 valence electrons. The molecule has 2 heterocycles. The van der Waals surface area contributed by atoms with Crippen LogP contribution in [0, 0.1) is 0 Å². The van der Waals surface area contributed by atoms with E-state index in [4.69, 9.17) is 15.2 Å². The van der Waals surface area contributed by atoms with Gasteiger partial charge in [0, 0.05) is 43.9 Å². The lowest BCUT2D eigenvalue weighted by Crippen LogP contribution is -2.52. The Morgan fingerprint density at radius 3 is 2.39 bits per heavy atom. The minimum absolute atomic E-state index is 0.116. The lowest BCUT2D eigenvalue weighted by molar-refractivity contribution is -0.133. The molecule has 1 aromatic carbocycles. The molecule has 0 aliphatic carbocycles. The number of benzene rings is 1. The number of aromatic nitrogens is 2. The van der Waals surface area contributed by atoms with E-state index in [2.05, 4.69) is 20.6 Å². The van der Waals surface area contributed by atoms with Gasteiger partial charge in [0.1, 0.15) is 11.6 Å². The van der Waals surface area contributed by atoms with Gasteiger partial charge in [-0.2, -0.15) is 0 Å². The predicted octanol–water partition coefficient (Wildman–Crippen LogP) is 1.66. The molecular weight excluding hydrogens is 492 g/mol. The molecule has 4 amide bonds. The number of hydrogen-bond acceptors (Lipinski definition) is 7. The zero-order valence-electron chi connectivity index (χ0n) is 21.9. The third-order valence-electron chi connectivity index (χ3n) is 5.91. The Bertz CT molecular complexity index is 1080. The summed E-state index contributed by atoms with van der Waals surface area (Å²) in [5.41, 5.74) is 6.31. The van der Waals surface area contributed by atoms with Crippen molar-refractivity contribution in [3.63, 3.8) is 0 Å². The number of piperidine rings is 1. The van der Waals surface area contributed by atoms with Crippen molar-refractivity contribution >= 4 is 24.0 Å². The summed E-state index contributed by atoms with van der Waals surface area (Å²) in [4.78, 5) is 58.5. The maximum Gasteiger partial charge on any atom is 0.410 e. The molecule has 0 unspecified atom stereocenters. The molecule has 0 radical (unpaired) electrons. The highest BCUT2D eigenvalue weighted by Gasteiger charge is 2.32. The molecule has 12 heteroatoms. The van der Waals surface area contributed by atoms with Crippen LogP contribution in [0.4, 0.5) is 9.59 Å². The number of hydrogen-bond donors (Lipinski definition) is 4. The van der Waals surface area contributed by atoms with Crippen molar-refractivity contribution in [2.45, 2.75) is 70.2 Å². The monoisotopic (exact) mass is 528 g/mol. The molecule has 1 saturated heterocycles. The van der Waals surface area contributed by atoms with Crippen LogP contribution in [-0.2, 0) is 31.9 Å². The van der Waals surface area contributed by atoms with Crippen molar-refractivity contribution in [2.75, 3.05) is 13.1 Å². The molecule has 5 N–H and O–H groups in total. The zero-order chi connectivity index (χ0) is 27.7. The van der Waals surface area contributed by atoms with Crippen molar-refractivity contribution < 1.29 is 28.7 Å². The Morgan fingerprint density at radius 2 is 1.82 bits per heavy atom. The molecule has 1 aromatic heterocycles. The summed E-state index contributed by atoms with van der Waals surface area (Å²) in [5, 5.41) is 5.43. The van der Waals surface area contributed by atoms with E-state index in [9.17, 15) is 19.2 Å². The van der Waals surface area contributed by atoms with Gasteiger partial charge in [-0.25, -0.2) is 14.6 Å². The number of rotatable bonds is 9. The standard InChI is InChI=1S/C26H36N6O6/c1-26(2,3)38-24(35)30-18-9-11-32(12-10-18)25(36)37-21(13-17-7-5-4-6-8-17)23(34)31-20(22(27)33)14-19-15-28-16-29-19/h4-8,15-16,18,20-21H,9-14H2,1-3H3,(H2,27,33)(H,28,29)(H,30,35)(H,31,34)/t20-,21-/m0/s1. The van der Waals surface area contributed by atoms with E-state index in [0.29, 0.717) is 31.6 Å². The topological polar surface area (TPSA) is 169 Å². The molecule has 0 spiro atoms. The average molecular weight is 529 g/mol. The minimum atomic E-state index is -1.19. The van der Waals surface area contributed by atoms with Crippen LogP contribution in [0.3, 0.4) is 0 Å². The first-order chi connectivity index (χ1) is 18.0. The van der Waals surface area contributed by atoms with Crippen LogP contribution in [0.1, 0.15) is 44.9 Å². The van der Waals surface area contributed by atoms with Gasteiger partial charge < -0.3 is 35.7 Å². The molecule has 0 saturated carbocycles. The first-order valence-electron chi connectivity index (χ1n) is 12.6. The van der Waals surface area contributed by atoms with Crippen molar-refractivity contribution in [1.82, 2.24) is 25.5 Å². The van der Waals surface area contributed by atoms with Crippen molar-refractivity contribution in [3.05, 3.63) is 54.1 Å². The van der Waals surface area contributed by atoms with Gasteiger partial charge in [-0.05, 0) is 39.2 Å². The van der Waals surface area contributed by atoms with Gasteiger partial charge >= 0.3 is 12.2 Å². The molecule has 12 nitrogen and oxygen atoms in total. The van der Waals surface area contributed by atoms with Gasteiger partial charge in [0.2, 0.25) is 5.91 Å². The van der Waals surface area contributed by atoms with Gasteiger partial charge in [0.05, 0.1) is 6.33 Å². The Labute approximate surface area is 221 Å². The van der Waals surface area contributed by atoms with Crippen molar-refractivity contribution in [3.8, 4) is 0 Å². The molecule has 0 bridgehead atoms. The third-order valence-corrected chi connectivity index (χ3v) is 5.91. The number of ether oxygens (including phenoxy) is 2. The average Bonchev–Trinajstić information content (AvgIpc) is 3.36. The zero-order valence-corrected chi connectivity index (χ0v) is 21.9. The molecule has 2 atom stereocenters. The van der Waals surface area contributed by atoms with Crippen molar-refractivity contribution in [2.24, 2.45) is 5.73 Å². The van der Waals surface area contributed by atoms with Crippen LogP contribution in [0.2, 0.25) is 0 Å². The molecule has 1 aliphatic rings. The number of likely N-dealkylation sites (tertiary alicyclic amines) is 1. The number of amides is 4. The fourth-order valence-electron chi connectivity index (χ4n) is 4.00. The lowest BCUT2D eigenvalue weighted by atomic mass is 10.1. The van der Waals surface area contributed by atoms with Gasteiger partial charge in [0.15, 0.2) is 6.10 Å². The summed E-state index contributed by atoms with van der Waals surface area (Å²) in [6.07, 6.45) is 1.90. The van der Waals surface area contributed by atoms with Crippen LogP contribution in [0.25, 0.3) is 0 Å². The number of nitrogens with one attached hydrogen (secondary N) is 3. The Balaban J connectivity index is 1.61. The number of carbonyl (C=O) groups is 4. The minimum Gasteiger partial charge on any atom is -0.444 e. The van der Waals surface area contributed by atoms with Crippen LogP contribution in [0.15, 0.2) is 42.9 Å². The number of alkyl carbamates (subject to hydrolysis) is 1. The van der Waals surface area contributed by atoms with Crippen LogP contribution in [-0.4, -0.2) is 75.7 Å². The highest BCUT2D eigenvalue weighted by atomic mass is 16.6. The highest BCUT2D eigenvalue weighted by molar-refractivity contribution is 5.90. The molecular formula is C26H36N6O6. The van der Waals surface area contributed by atoms with Gasteiger partial charge in [-0.15, -0.1) is 0 Å². The summed E-state index contributed by atoms with van der Waals surface area (Å²) in [6, 6.07) is 7.95. The summed E-state index contributed by atoms with van der Waals surface area (Å²) < 4.78 is 10.9. The van der Waals surface area contributed by atoms with E-state index in [1.54, 1.807) is 20.8 Å². The van der Waals surface area contributed by atoms with E-state index >= 15 is 0 Å². The number of aromatic amines is 1. The second-order valence-corrected chi connectivity index (χ2v) is 10.2. The normalized spacial score (nSPS) is 15.7. The largest absolute Gasteiger partial charge is 0.444 e. The fourth-order valence-corrected chi connectivity index (χ4v) is 4.00. The summed E-state index contributed by atoms with van der Waals surface area (Å²) >= 11 is 0. The van der Waals surface area contributed by atoms with Crippen molar-refractivity contribution in [1.29, 1.82) is 0 Å². The molecule has 3 rings (SSSR count). The summed E-state index contributed by atoms with van der Waals surface area (Å²) in [7, 11) is 0. The fraction of sp³-hybridized carbons (Fsp3) is 0.500. The molecule has 1 aliphatic heterocycles. The SMILES string of the molecule is CC(C)(C)OC(=O)NC1CCN(C(=O)O[C@@H](Cc2ccccc2)C(=O)N[C@@H](Cc2cnc[nH]2)C(N)=O)CC1. The number of imidazole rings is 1. The Kier molecular flexibility index (Phi) is 9.69. The summed E-state index contributed by atoms with van der Waals surface area (Å²) in [6.45, 7) is 6.04. The molecule has 1 fully saturated rings. The number of nitrogens with zero attached hydrogens (tertiary/aromatic N) is 2. The molecule has 2 aromatic rings. The second kappa shape index (κ2) is 12.9. The Morgan fingerprint density at radius 1 is 1.13 bits per heavy atom. The summed E-state index contributed by atoms with van der Waals surface area (Å²) in [5.74, 6) is -1.36. The number of carbonyl (C=O) groups excluding carboxylic acids is 4. The Hall–Kier alpha value is -4.09. The van der Waals surface area contributed by atoms with E-state index in [0.717, 1.165) is 5.56 Å². The predicted molar refractivity (Wildman–Crippen MR) is 138 cm³/mol. The van der Waals surface area contributed by atoms with E-state index < -0.39 is 41.7 Å². The van der Waals surface area contributed by atoms with Crippen LogP contribution < -0.4 is 16.4 Å². The van der Waals surface area contributed by atoms with E-state index in [1.165, 1.54) is 17.4 Å². The number of nitrogens with two attached hydrogens (primary N) is 1. The van der Waals surface area contributed by atoms with E-state index in [-0.39, 0.29) is 18.9 Å². The first kappa shape index (κ1) is 28.5. The van der Waals surface area contributed by atoms with E-state index in [1.807, 2.05) is 30.3 Å². The third kappa shape index (κ3) is 9.09. The van der Waals surface area contributed by atoms with Gasteiger partial charge in [-0.3, -0.25) is 9.59 Å². The van der Waals surface area contributed by atoms with Crippen LogP contribution in [0.5, 0.6) is 0 Å². The number of primary amides is 1. The highest BCUT2D eigenvalue weighted by Crippen LogP contribution is 2.16. The smallest absolute Gasteiger partial charge is 0.410 e. The maximum absolute atomic E-state index is 13.2. The second-order valence-electron chi connectivity index (χ2n) is 10.2. The van der Waals surface area contributed by atoms with Gasteiger partial charge in [-0.1, -0.05) is 30.3 Å². The van der Waals surface area contributed by atoms with Gasteiger partial charge in [0.25, 0.3) is 5.91 Å². The maximum atomic E-state index is 13.2.